The third-order valence-electron chi connectivity index (χ3n) is 8.57. The molecule has 10 nitrogen and oxygen atoms in total. The molecule has 0 radical (unpaired) electrons. The number of carbonyl (C=O) groups is 3. The van der Waals surface area contributed by atoms with Crippen molar-refractivity contribution < 1.29 is 33.0 Å². The molecule has 0 saturated carbocycles. The van der Waals surface area contributed by atoms with Crippen LogP contribution in [0.1, 0.15) is 45.9 Å². The zero-order chi connectivity index (χ0) is 31.9. The van der Waals surface area contributed by atoms with Crippen LogP contribution in [0.4, 0.5) is 14.5 Å². The topological polar surface area (TPSA) is 124 Å². The Hall–Kier alpha value is -4.49. The van der Waals surface area contributed by atoms with Crippen molar-refractivity contribution in [1.82, 2.24) is 15.2 Å². The number of rotatable bonds is 8. The lowest BCUT2D eigenvalue weighted by Crippen LogP contribution is -2.52. The van der Waals surface area contributed by atoms with Crippen LogP contribution < -0.4 is 10.2 Å². The van der Waals surface area contributed by atoms with E-state index < -0.39 is 41.3 Å². The van der Waals surface area contributed by atoms with Gasteiger partial charge in [0.15, 0.2) is 16.5 Å². The van der Waals surface area contributed by atoms with Gasteiger partial charge in [0.25, 0.3) is 5.91 Å². The highest BCUT2D eigenvalue weighted by Crippen LogP contribution is 2.42. The third-order valence-corrected chi connectivity index (χ3v) is 9.35. The van der Waals surface area contributed by atoms with Crippen molar-refractivity contribution >= 4 is 40.7 Å². The lowest BCUT2D eigenvalue weighted by molar-refractivity contribution is -0.139. The quantitative estimate of drug-likeness (QED) is 0.352. The summed E-state index contributed by atoms with van der Waals surface area (Å²) in [6.45, 7) is 4.12. The number of hydrogen-bond acceptors (Lipinski definition) is 9. The summed E-state index contributed by atoms with van der Waals surface area (Å²) in [5.74, 6) is -3.14. The van der Waals surface area contributed by atoms with Gasteiger partial charge in [-0.3, -0.25) is 14.7 Å². The molecule has 13 heteroatoms. The van der Waals surface area contributed by atoms with E-state index in [1.54, 1.807) is 43.6 Å². The summed E-state index contributed by atoms with van der Waals surface area (Å²) >= 11 is 1.35. The second-order valence-corrected chi connectivity index (χ2v) is 12.1. The molecular formula is C32H31F2N5O5S. The molecule has 3 aliphatic rings. The Balaban J connectivity index is 1.33. The lowest BCUT2D eigenvalue weighted by atomic mass is 9.84. The minimum absolute atomic E-state index is 0.00676. The number of carboxylic acid groups (broad SMARTS) is 1. The number of alkyl halides is 1. The minimum atomic E-state index is -2.11. The average molecular weight is 636 g/mol. The number of hydrogen-bond donors (Lipinski definition) is 2. The van der Waals surface area contributed by atoms with E-state index in [-0.39, 0.29) is 50.3 Å². The number of nitrogens with one attached hydrogen (secondary N) is 1. The smallest absolute Gasteiger partial charge is 0.338 e. The van der Waals surface area contributed by atoms with Crippen molar-refractivity contribution in [3.05, 3.63) is 92.8 Å². The number of aliphatic imine (C=N–C) groups is 1. The van der Waals surface area contributed by atoms with Gasteiger partial charge in [0, 0.05) is 61.5 Å². The number of fused-ring (bicyclic) bond motifs is 1. The number of anilines is 1. The van der Waals surface area contributed by atoms with Crippen LogP contribution in [0, 0.1) is 18.7 Å². The number of esters is 1. The second-order valence-electron chi connectivity index (χ2n) is 11.2. The summed E-state index contributed by atoms with van der Waals surface area (Å²) in [5, 5.41) is 15.0. The number of likely N-dealkylation sites (tertiary alicyclic amines) is 1. The van der Waals surface area contributed by atoms with E-state index in [1.165, 1.54) is 40.5 Å². The number of thiazole rings is 1. The number of carboxylic acids is 1. The van der Waals surface area contributed by atoms with Crippen LogP contribution in [-0.2, 0) is 14.3 Å². The van der Waals surface area contributed by atoms with Crippen molar-refractivity contribution in [1.29, 1.82) is 0 Å². The van der Waals surface area contributed by atoms with Gasteiger partial charge in [0.2, 0.25) is 0 Å². The zero-order valence-electron chi connectivity index (χ0n) is 24.6. The minimum Gasteiger partial charge on any atom is -0.478 e. The van der Waals surface area contributed by atoms with Gasteiger partial charge in [-0.25, -0.2) is 23.4 Å². The molecular weight excluding hydrogens is 604 g/mol. The number of benzene rings is 2. The molecule has 1 aromatic heterocycles. The van der Waals surface area contributed by atoms with Gasteiger partial charge >= 0.3 is 11.9 Å². The highest BCUT2D eigenvalue weighted by Gasteiger charge is 2.57. The highest BCUT2D eigenvalue weighted by atomic mass is 32.1. The molecule has 2 fully saturated rings. The van der Waals surface area contributed by atoms with Crippen LogP contribution in [0.2, 0.25) is 0 Å². The summed E-state index contributed by atoms with van der Waals surface area (Å²) in [6, 6.07) is 9.67. The van der Waals surface area contributed by atoms with Crippen molar-refractivity contribution in [2.45, 2.75) is 32.0 Å². The molecule has 45 heavy (non-hydrogen) atoms. The van der Waals surface area contributed by atoms with E-state index in [0.717, 1.165) is 0 Å². The third kappa shape index (κ3) is 5.61. The molecule has 2 aromatic carbocycles. The number of carbonyl (C=O) groups excluding carboxylic acids is 2. The van der Waals surface area contributed by atoms with Crippen LogP contribution in [0.25, 0.3) is 0 Å². The molecule has 2 saturated heterocycles. The molecule has 3 atom stereocenters. The molecule has 0 unspecified atom stereocenters. The lowest BCUT2D eigenvalue weighted by Gasteiger charge is -2.38. The van der Waals surface area contributed by atoms with Crippen LogP contribution in [0.3, 0.4) is 0 Å². The van der Waals surface area contributed by atoms with Crippen molar-refractivity contribution in [3.63, 3.8) is 0 Å². The Bertz CT molecular complexity index is 1730. The summed E-state index contributed by atoms with van der Waals surface area (Å²) in [6.07, 6.45) is 1.56. The summed E-state index contributed by atoms with van der Waals surface area (Å²) in [4.78, 5) is 50.8. The number of ether oxygens (including phenoxy) is 1. The number of amides is 1. The van der Waals surface area contributed by atoms with Crippen molar-refractivity contribution in [3.8, 4) is 0 Å². The Morgan fingerprint density at radius 1 is 1.22 bits per heavy atom. The molecule has 1 amide bonds. The maximum atomic E-state index is 16.3. The van der Waals surface area contributed by atoms with Gasteiger partial charge in [0.05, 0.1) is 17.7 Å². The first-order chi connectivity index (χ1) is 21.6. The first kappa shape index (κ1) is 30.5. The van der Waals surface area contributed by atoms with E-state index >= 15 is 4.39 Å². The molecule has 0 bridgehead atoms. The Kier molecular flexibility index (Phi) is 8.23. The fourth-order valence-corrected chi connectivity index (χ4v) is 6.83. The zero-order valence-corrected chi connectivity index (χ0v) is 25.4. The van der Waals surface area contributed by atoms with Crippen molar-refractivity contribution in [2.24, 2.45) is 10.9 Å². The van der Waals surface area contributed by atoms with Gasteiger partial charge in [0.1, 0.15) is 11.9 Å². The first-order valence-corrected chi connectivity index (χ1v) is 15.4. The number of halogens is 2. The number of aromatic nitrogens is 1. The second kappa shape index (κ2) is 12.1. The molecule has 6 rings (SSSR count). The fourth-order valence-electron chi connectivity index (χ4n) is 6.25. The van der Waals surface area contributed by atoms with E-state index in [9.17, 15) is 23.9 Å². The van der Waals surface area contributed by atoms with Crippen LogP contribution in [-0.4, -0.2) is 77.1 Å². The Morgan fingerprint density at radius 3 is 2.76 bits per heavy atom. The number of nitrogens with zero attached hydrogens (tertiary/aromatic N) is 4. The molecule has 2 N–H and O–H groups in total. The number of amidine groups is 1. The normalized spacial score (nSPS) is 23.4. The number of piperidine rings is 1. The first-order valence-electron chi connectivity index (χ1n) is 14.6. The van der Waals surface area contributed by atoms with E-state index in [0.29, 0.717) is 33.4 Å². The predicted molar refractivity (Wildman–Crippen MR) is 163 cm³/mol. The maximum absolute atomic E-state index is 16.3. The van der Waals surface area contributed by atoms with E-state index in [1.807, 2.05) is 4.90 Å². The SMILES string of the molecule is CCOC(=O)C1=C(CN2CC[C@]3(F)C(=O)N(c4cccc(C(=O)O)c4)C[C@@H]3C2)NC(c2nccs2)=N[C@H]1c1cccc(F)c1C. The fraction of sp³-hybridized carbons (Fsp3) is 0.344. The molecule has 3 aliphatic heterocycles. The predicted octanol–water partition coefficient (Wildman–Crippen LogP) is 4.27. The highest BCUT2D eigenvalue weighted by molar-refractivity contribution is 7.11. The van der Waals surface area contributed by atoms with E-state index in [2.05, 4.69) is 10.3 Å². The van der Waals surface area contributed by atoms with Crippen molar-refractivity contribution in [2.75, 3.05) is 37.7 Å². The van der Waals surface area contributed by atoms with Gasteiger partial charge < -0.3 is 20.1 Å². The van der Waals surface area contributed by atoms with Gasteiger partial charge in [-0.1, -0.05) is 18.2 Å². The van der Waals surface area contributed by atoms with Crippen LogP contribution in [0.15, 0.2) is 70.3 Å². The summed E-state index contributed by atoms with van der Waals surface area (Å²) in [7, 11) is 0. The van der Waals surface area contributed by atoms with E-state index in [4.69, 9.17) is 9.73 Å². The summed E-state index contributed by atoms with van der Waals surface area (Å²) < 4.78 is 36.5. The molecule has 234 valence electrons. The average Bonchev–Trinajstić information content (AvgIpc) is 3.65. The molecule has 4 heterocycles. The van der Waals surface area contributed by atoms with Gasteiger partial charge in [-0.05, 0) is 49.2 Å². The van der Waals surface area contributed by atoms with Crippen LogP contribution >= 0.6 is 11.3 Å². The largest absolute Gasteiger partial charge is 0.478 e. The number of aromatic carboxylic acids is 1. The molecule has 0 spiro atoms. The molecule has 3 aromatic rings. The van der Waals surface area contributed by atoms with Gasteiger partial charge in [-0.15, -0.1) is 11.3 Å². The maximum Gasteiger partial charge on any atom is 0.338 e. The summed E-state index contributed by atoms with van der Waals surface area (Å²) in [5.41, 5.74) is -0.216. The standard InChI is InChI=1S/C32H31F2N5O5S/c1-3-44-30(42)25-24(36-27(28-35-11-13-45-28)37-26(25)22-8-5-9-23(33)18(22)2)17-38-12-10-32(34)20(15-38)16-39(31(32)43)21-7-4-6-19(14-21)29(40)41/h4-9,11,13-14,20,26H,3,10,12,15-17H2,1-2H3,(H,36,37)(H,40,41)/t20-,26-,32+/m0/s1. The van der Waals surface area contributed by atoms with Gasteiger partial charge in [-0.2, -0.15) is 0 Å². The Morgan fingerprint density at radius 2 is 2.02 bits per heavy atom. The molecule has 0 aliphatic carbocycles. The monoisotopic (exact) mass is 635 g/mol. The van der Waals surface area contributed by atoms with Crippen LogP contribution in [0.5, 0.6) is 0 Å². The Labute approximate surface area is 262 Å².